The molecule has 40 heavy (non-hydrogen) atoms. The highest BCUT2D eigenvalue weighted by molar-refractivity contribution is 6.34. The van der Waals surface area contributed by atoms with Crippen LogP contribution in [0.2, 0.25) is 5.02 Å². The van der Waals surface area contributed by atoms with Crippen LogP contribution in [0.4, 0.5) is 0 Å². The molecular weight excluding hydrogens is 538 g/mol. The van der Waals surface area contributed by atoms with Gasteiger partial charge in [-0.15, -0.1) is 0 Å². The van der Waals surface area contributed by atoms with E-state index in [2.05, 4.69) is 18.7 Å². The average Bonchev–Trinajstić information content (AvgIpc) is 2.85. The number of nitrogens with two attached hydrogens (primary N) is 1. The van der Waals surface area contributed by atoms with Crippen molar-refractivity contribution in [1.82, 2.24) is 9.80 Å². The third-order valence-electron chi connectivity index (χ3n) is 9.67. The Morgan fingerprint density at radius 1 is 1.15 bits per heavy atom. The van der Waals surface area contributed by atoms with Crippen molar-refractivity contribution < 1.29 is 34.2 Å². The van der Waals surface area contributed by atoms with Gasteiger partial charge in [0.15, 0.2) is 34.7 Å². The first kappa shape index (κ1) is 28.9. The normalized spacial score (nSPS) is 33.9. The predicted molar refractivity (Wildman–Crippen MR) is 145 cm³/mol. The molecule has 0 radical (unpaired) electrons. The number of phenolic OH excluding ortho intramolecular Hbond substituents is 1. The van der Waals surface area contributed by atoms with Crippen LogP contribution in [-0.2, 0) is 32.1 Å². The summed E-state index contributed by atoms with van der Waals surface area (Å²) < 4.78 is 0. The number of carbonyl (C=O) groups excluding carboxylic acids is 5. The molecule has 1 amide bonds. The number of carbonyl (C=O) groups is 5. The summed E-state index contributed by atoms with van der Waals surface area (Å²) in [6.07, 6.45) is 2.19. The molecule has 0 aromatic heterocycles. The lowest BCUT2D eigenvalue weighted by atomic mass is 9.52. The van der Waals surface area contributed by atoms with E-state index in [-0.39, 0.29) is 29.6 Å². The number of hydrogen-bond acceptors (Lipinski definition) is 9. The largest absolute Gasteiger partial charge is 0.507 e. The standard InChI is InChI=1S/C29H36ClN3O7/c1-28(2)5-7-33(8-6-28)12-14-11-17(34)19-15(21(14)30)9-13-10-16-22(32(3)4)24(36)20(27(31)39)26(38)29(16,40)25(37)18(13)23(19)35/h11,13,16,18,20,22,34,40H,5-10,12H2,1-4H3,(H2,31,39)/t13-,16-,18?,20?,22-,29-/m0/s1. The van der Waals surface area contributed by atoms with Crippen LogP contribution in [0.5, 0.6) is 5.75 Å². The maximum absolute atomic E-state index is 13.9. The molecule has 3 fully saturated rings. The number of Topliss-reactive ketones (excluding diaryl/α,β-unsaturated/α-hetero) is 4. The molecule has 6 atom stereocenters. The van der Waals surface area contributed by atoms with Gasteiger partial charge >= 0.3 is 0 Å². The number of rotatable bonds is 4. The highest BCUT2D eigenvalue weighted by Crippen LogP contribution is 2.52. The van der Waals surface area contributed by atoms with Gasteiger partial charge in [-0.05, 0) is 81.4 Å². The highest BCUT2D eigenvalue weighted by atomic mass is 35.5. The van der Waals surface area contributed by atoms with Gasteiger partial charge in [-0.3, -0.25) is 33.8 Å². The van der Waals surface area contributed by atoms with Crippen LogP contribution in [0.1, 0.15) is 54.6 Å². The van der Waals surface area contributed by atoms with Gasteiger partial charge in [-0.1, -0.05) is 25.4 Å². The second-order valence-electron chi connectivity index (χ2n) is 13.0. The summed E-state index contributed by atoms with van der Waals surface area (Å²) in [6, 6.07) is 0.319. The van der Waals surface area contributed by atoms with E-state index in [1.807, 2.05) is 0 Å². The van der Waals surface area contributed by atoms with Crippen molar-refractivity contribution in [3.05, 3.63) is 27.8 Å². The molecule has 1 heterocycles. The van der Waals surface area contributed by atoms with E-state index in [1.54, 1.807) is 14.1 Å². The molecular formula is C29H36ClN3O7. The molecule has 4 aliphatic rings. The molecule has 2 unspecified atom stereocenters. The minimum absolute atomic E-state index is 0.00752. The van der Waals surface area contributed by atoms with E-state index in [0.29, 0.717) is 22.7 Å². The molecule has 2 saturated carbocycles. The van der Waals surface area contributed by atoms with Crippen LogP contribution >= 0.6 is 11.6 Å². The van der Waals surface area contributed by atoms with Gasteiger partial charge in [-0.25, -0.2) is 0 Å². The second kappa shape index (κ2) is 9.72. The quantitative estimate of drug-likeness (QED) is 0.449. The Morgan fingerprint density at radius 2 is 1.77 bits per heavy atom. The van der Waals surface area contributed by atoms with Crippen LogP contribution in [0.3, 0.4) is 0 Å². The molecule has 5 rings (SSSR count). The molecule has 1 aromatic carbocycles. The number of hydrogen-bond donors (Lipinski definition) is 3. The van der Waals surface area contributed by atoms with E-state index in [9.17, 15) is 34.2 Å². The van der Waals surface area contributed by atoms with E-state index in [1.165, 1.54) is 11.0 Å². The molecule has 1 aromatic rings. The van der Waals surface area contributed by atoms with Crippen LogP contribution in [-0.4, -0.2) is 87.9 Å². The third kappa shape index (κ3) is 4.22. The number of amides is 1. The smallest absolute Gasteiger partial charge is 0.235 e. The summed E-state index contributed by atoms with van der Waals surface area (Å²) in [5.74, 6) is -10.6. The summed E-state index contributed by atoms with van der Waals surface area (Å²) in [5.41, 5.74) is 3.91. The van der Waals surface area contributed by atoms with Gasteiger partial charge in [0.05, 0.1) is 17.5 Å². The van der Waals surface area contributed by atoms with E-state index >= 15 is 0 Å². The number of aliphatic hydroxyl groups is 1. The van der Waals surface area contributed by atoms with Crippen molar-refractivity contribution in [2.75, 3.05) is 27.2 Å². The van der Waals surface area contributed by atoms with Gasteiger partial charge in [0.2, 0.25) is 5.91 Å². The number of phenols is 1. The van der Waals surface area contributed by atoms with Gasteiger partial charge in [0.25, 0.3) is 0 Å². The lowest BCUT2D eigenvalue weighted by Crippen LogP contribution is -2.74. The van der Waals surface area contributed by atoms with Crippen molar-refractivity contribution in [1.29, 1.82) is 0 Å². The zero-order chi connectivity index (χ0) is 29.5. The van der Waals surface area contributed by atoms with Crippen LogP contribution < -0.4 is 5.73 Å². The SMILES string of the molecule is CN(C)[C@@H]1C(=O)C(C(N)=O)C(=O)[C@@]2(O)C(=O)C3C(=O)c4c(O)cc(CN5CCC(C)(C)CC5)c(Cl)c4C[C@H]3C[C@@H]12. The first-order valence-corrected chi connectivity index (χ1v) is 14.1. The number of fused-ring (bicyclic) bond motifs is 3. The summed E-state index contributed by atoms with van der Waals surface area (Å²) in [6.45, 7) is 6.72. The molecule has 4 N–H and O–H groups in total. The Labute approximate surface area is 237 Å². The maximum Gasteiger partial charge on any atom is 0.235 e. The van der Waals surface area contributed by atoms with Crippen molar-refractivity contribution in [3.63, 3.8) is 0 Å². The topological polar surface area (TPSA) is 158 Å². The Balaban J connectivity index is 1.53. The zero-order valence-corrected chi connectivity index (χ0v) is 24.0. The maximum atomic E-state index is 13.9. The first-order valence-electron chi connectivity index (χ1n) is 13.7. The number of benzene rings is 1. The Morgan fingerprint density at radius 3 is 2.35 bits per heavy atom. The Bertz CT molecular complexity index is 1330. The summed E-state index contributed by atoms with van der Waals surface area (Å²) >= 11 is 6.86. The molecule has 0 bridgehead atoms. The minimum Gasteiger partial charge on any atom is -0.507 e. The number of halogens is 1. The van der Waals surface area contributed by atoms with Crippen molar-refractivity contribution in [3.8, 4) is 5.75 Å². The molecule has 3 aliphatic carbocycles. The Kier molecular flexibility index (Phi) is 7.01. The number of likely N-dealkylation sites (tertiary alicyclic amines) is 1. The van der Waals surface area contributed by atoms with Gasteiger partial charge in [0.1, 0.15) is 5.75 Å². The van der Waals surface area contributed by atoms with Crippen molar-refractivity contribution in [2.45, 2.75) is 57.7 Å². The summed E-state index contributed by atoms with van der Waals surface area (Å²) in [7, 11) is 3.11. The number of piperidine rings is 1. The lowest BCUT2D eigenvalue weighted by Gasteiger charge is -2.52. The number of nitrogens with zero attached hydrogens (tertiary/aromatic N) is 2. The second-order valence-corrected chi connectivity index (χ2v) is 13.3. The number of aromatic hydroxyl groups is 1. The summed E-state index contributed by atoms with van der Waals surface area (Å²) in [5, 5.41) is 23.0. The van der Waals surface area contributed by atoms with Crippen molar-refractivity contribution >= 4 is 40.6 Å². The molecule has 1 saturated heterocycles. The van der Waals surface area contributed by atoms with E-state index in [4.69, 9.17) is 17.3 Å². The fraction of sp³-hybridized carbons (Fsp3) is 0.621. The third-order valence-corrected chi connectivity index (χ3v) is 10.1. The predicted octanol–water partition coefficient (Wildman–Crippen LogP) is 1.14. The molecule has 10 nitrogen and oxygen atoms in total. The van der Waals surface area contributed by atoms with Crippen LogP contribution in [0.15, 0.2) is 6.07 Å². The summed E-state index contributed by atoms with van der Waals surface area (Å²) in [4.78, 5) is 70.0. The van der Waals surface area contributed by atoms with Crippen LogP contribution in [0, 0.1) is 29.1 Å². The monoisotopic (exact) mass is 573 g/mol. The van der Waals surface area contributed by atoms with Gasteiger partial charge < -0.3 is 15.9 Å². The minimum atomic E-state index is -2.74. The lowest BCUT2D eigenvalue weighted by molar-refractivity contribution is -0.181. The molecule has 216 valence electrons. The average molecular weight is 574 g/mol. The molecule has 0 spiro atoms. The van der Waals surface area contributed by atoms with Crippen molar-refractivity contribution in [2.24, 2.45) is 34.8 Å². The van der Waals surface area contributed by atoms with E-state index < -0.39 is 64.4 Å². The molecule has 1 aliphatic heterocycles. The number of ketones is 4. The zero-order valence-electron chi connectivity index (χ0n) is 23.2. The first-order chi connectivity index (χ1) is 18.6. The van der Waals surface area contributed by atoms with Gasteiger partial charge in [0, 0.05) is 17.5 Å². The Hall–Kier alpha value is -2.66. The highest BCUT2D eigenvalue weighted by Gasteiger charge is 2.69. The van der Waals surface area contributed by atoms with E-state index in [0.717, 1.165) is 25.9 Å². The number of primary amides is 1. The fourth-order valence-corrected chi connectivity index (χ4v) is 7.67. The molecule has 11 heteroatoms. The van der Waals surface area contributed by atoms with Crippen LogP contribution in [0.25, 0.3) is 0 Å². The number of likely N-dealkylation sites (N-methyl/N-ethyl adjacent to an activating group) is 1. The fourth-order valence-electron chi connectivity index (χ4n) is 7.38. The van der Waals surface area contributed by atoms with Gasteiger partial charge in [-0.2, -0.15) is 0 Å².